The number of fused-ring (bicyclic) bond motifs is 2. The van der Waals surface area contributed by atoms with Crippen molar-refractivity contribution < 1.29 is 4.57 Å². The fourth-order valence-electron chi connectivity index (χ4n) is 6.83. The number of benzene rings is 5. The second kappa shape index (κ2) is 10.8. The molecular weight excluding hydrogens is 520 g/mol. The first-order chi connectivity index (χ1) is 20.5. The number of hydrogen-bond donors (Lipinski definition) is 0. The fourth-order valence-corrected chi connectivity index (χ4v) is 6.83. The third kappa shape index (κ3) is 4.87. The topological polar surface area (TPSA) is 8.81 Å². The van der Waals surface area contributed by atoms with Crippen molar-refractivity contribution in [3.8, 4) is 28.2 Å². The molecule has 2 nitrogen and oxygen atoms in total. The second-order valence-corrected chi connectivity index (χ2v) is 13.8. The molecule has 0 saturated heterocycles. The molecule has 0 saturated carbocycles. The molecule has 0 unspecified atom stereocenters. The van der Waals surface area contributed by atoms with Crippen molar-refractivity contribution in [1.82, 2.24) is 4.57 Å². The van der Waals surface area contributed by atoms with Crippen LogP contribution in [0.3, 0.4) is 0 Å². The third-order valence-electron chi connectivity index (χ3n) is 9.12. The van der Waals surface area contributed by atoms with Crippen molar-refractivity contribution in [2.24, 2.45) is 7.05 Å². The van der Waals surface area contributed by atoms with Crippen LogP contribution in [0.2, 0.25) is 0 Å². The summed E-state index contributed by atoms with van der Waals surface area (Å²) in [5, 5.41) is 2.67. The molecular formula is C41H45N2+. The van der Waals surface area contributed by atoms with Crippen LogP contribution in [0.5, 0.6) is 0 Å². The Morgan fingerprint density at radius 3 is 1.81 bits per heavy atom. The zero-order chi connectivity index (χ0) is 30.6. The molecule has 5 aromatic carbocycles. The lowest BCUT2D eigenvalue weighted by Crippen LogP contribution is -2.31. The fraction of sp³-hybridized carbons (Fsp3) is 0.293. The van der Waals surface area contributed by atoms with Crippen LogP contribution in [-0.4, -0.2) is 4.57 Å². The highest BCUT2D eigenvalue weighted by atomic mass is 15.2. The van der Waals surface area contributed by atoms with E-state index in [2.05, 4.69) is 169 Å². The average Bonchev–Trinajstić information content (AvgIpc) is 3.28. The molecule has 43 heavy (non-hydrogen) atoms. The van der Waals surface area contributed by atoms with E-state index in [1.165, 1.54) is 72.3 Å². The van der Waals surface area contributed by atoms with Gasteiger partial charge in [-0.05, 0) is 87.5 Å². The minimum absolute atomic E-state index is 0.000980. The van der Waals surface area contributed by atoms with Crippen LogP contribution in [-0.2, 0) is 12.5 Å². The predicted molar refractivity (Wildman–Crippen MR) is 184 cm³/mol. The number of nitrogens with zero attached hydrogens (tertiary/aromatic N) is 2. The van der Waals surface area contributed by atoms with Crippen LogP contribution in [0.1, 0.15) is 82.6 Å². The van der Waals surface area contributed by atoms with Gasteiger partial charge in [0, 0.05) is 11.1 Å². The standard InChI is InChI=1S/C41H45N2/c1-26(2)33-23-30(29-17-11-10-12-18-29)24-34(27(3)4)39(33)43-38-22-16-15-21-37(38)42(9)40(43)35-25-36(41(6,7)8)32-20-14-13-19-31(32)28(35)5/h10-27H,1-9H3/q+1. The summed E-state index contributed by atoms with van der Waals surface area (Å²) in [6.07, 6.45) is 0. The molecule has 0 aliphatic carbocycles. The Labute approximate surface area is 257 Å². The van der Waals surface area contributed by atoms with Crippen LogP contribution in [0.25, 0.3) is 50.0 Å². The Morgan fingerprint density at radius 1 is 0.651 bits per heavy atom. The van der Waals surface area contributed by atoms with E-state index in [9.17, 15) is 0 Å². The highest BCUT2D eigenvalue weighted by Crippen LogP contribution is 2.42. The predicted octanol–water partition coefficient (Wildman–Crippen LogP) is 10.8. The van der Waals surface area contributed by atoms with Gasteiger partial charge in [-0.3, -0.25) is 0 Å². The SMILES string of the molecule is Cc1c(-c2n(-c3c(C(C)C)cc(-c4ccccc4)cc3C(C)C)c3ccccc3[n+]2C)cc(C(C)(C)C)c2ccccc12. The second-order valence-electron chi connectivity index (χ2n) is 13.8. The van der Waals surface area contributed by atoms with E-state index in [0.717, 1.165) is 0 Å². The first-order valence-electron chi connectivity index (χ1n) is 15.7. The largest absolute Gasteiger partial charge is 0.295 e. The van der Waals surface area contributed by atoms with Gasteiger partial charge >= 0.3 is 0 Å². The van der Waals surface area contributed by atoms with E-state index in [1.807, 2.05) is 0 Å². The quantitative estimate of drug-likeness (QED) is 0.184. The Morgan fingerprint density at radius 2 is 1.21 bits per heavy atom. The molecule has 0 N–H and O–H groups in total. The van der Waals surface area contributed by atoms with E-state index in [0.29, 0.717) is 11.8 Å². The van der Waals surface area contributed by atoms with E-state index in [-0.39, 0.29) is 5.41 Å². The van der Waals surface area contributed by atoms with Crippen molar-refractivity contribution in [2.75, 3.05) is 0 Å². The summed E-state index contributed by atoms with van der Waals surface area (Å²) in [6, 6.07) is 36.0. The molecule has 0 bridgehead atoms. The molecule has 0 aliphatic rings. The number of rotatable bonds is 5. The summed E-state index contributed by atoms with van der Waals surface area (Å²) in [7, 11) is 2.24. The van der Waals surface area contributed by atoms with E-state index in [1.54, 1.807) is 0 Å². The maximum atomic E-state index is 2.58. The van der Waals surface area contributed by atoms with Gasteiger partial charge in [0.05, 0.1) is 12.6 Å². The molecule has 6 rings (SSSR count). The van der Waals surface area contributed by atoms with Crippen molar-refractivity contribution in [1.29, 1.82) is 0 Å². The first kappa shape index (κ1) is 28.9. The third-order valence-corrected chi connectivity index (χ3v) is 9.12. The number of hydrogen-bond acceptors (Lipinski definition) is 0. The molecule has 2 heteroatoms. The van der Waals surface area contributed by atoms with Gasteiger partial charge in [0.1, 0.15) is 5.69 Å². The van der Waals surface area contributed by atoms with Crippen LogP contribution in [0.4, 0.5) is 0 Å². The average molecular weight is 566 g/mol. The van der Waals surface area contributed by atoms with Crippen LogP contribution < -0.4 is 4.57 Å². The van der Waals surface area contributed by atoms with Crippen molar-refractivity contribution in [2.45, 2.75) is 72.6 Å². The van der Waals surface area contributed by atoms with Crippen LogP contribution in [0, 0.1) is 6.92 Å². The summed E-state index contributed by atoms with van der Waals surface area (Å²) < 4.78 is 5.00. The maximum absolute atomic E-state index is 2.58. The van der Waals surface area contributed by atoms with Gasteiger partial charge in [-0.1, -0.05) is 115 Å². The van der Waals surface area contributed by atoms with Crippen LogP contribution in [0.15, 0.2) is 97.1 Å². The van der Waals surface area contributed by atoms with Gasteiger partial charge in [-0.15, -0.1) is 0 Å². The number of imidazole rings is 1. The van der Waals surface area contributed by atoms with Gasteiger partial charge in [0.15, 0.2) is 11.0 Å². The molecule has 1 aromatic heterocycles. The van der Waals surface area contributed by atoms with Crippen molar-refractivity contribution in [3.63, 3.8) is 0 Å². The highest BCUT2D eigenvalue weighted by molar-refractivity contribution is 5.95. The summed E-state index contributed by atoms with van der Waals surface area (Å²) in [5.74, 6) is 1.92. The van der Waals surface area contributed by atoms with Crippen molar-refractivity contribution in [3.05, 3.63) is 119 Å². The first-order valence-corrected chi connectivity index (χ1v) is 15.7. The molecule has 1 heterocycles. The van der Waals surface area contributed by atoms with E-state index < -0.39 is 0 Å². The molecule has 0 atom stereocenters. The lowest BCUT2D eigenvalue weighted by atomic mass is 9.81. The van der Waals surface area contributed by atoms with Gasteiger partial charge < -0.3 is 0 Å². The summed E-state index contributed by atoms with van der Waals surface area (Å²) in [4.78, 5) is 0. The van der Waals surface area contributed by atoms with Gasteiger partial charge in [-0.2, -0.15) is 4.57 Å². The van der Waals surface area contributed by atoms with Gasteiger partial charge in [0.2, 0.25) is 0 Å². The zero-order valence-corrected chi connectivity index (χ0v) is 27.3. The molecule has 0 radical (unpaired) electrons. The summed E-state index contributed by atoms with van der Waals surface area (Å²) in [5.41, 5.74) is 13.1. The molecule has 218 valence electrons. The summed E-state index contributed by atoms with van der Waals surface area (Å²) in [6.45, 7) is 18.6. The lowest BCUT2D eigenvalue weighted by Gasteiger charge is -2.24. The minimum atomic E-state index is 0.000980. The smallest absolute Gasteiger partial charge is 0.225 e. The molecule has 0 aliphatic heterocycles. The normalized spacial score (nSPS) is 12.3. The minimum Gasteiger partial charge on any atom is -0.225 e. The monoisotopic (exact) mass is 565 g/mol. The van der Waals surface area contributed by atoms with E-state index in [4.69, 9.17) is 0 Å². The molecule has 6 aromatic rings. The lowest BCUT2D eigenvalue weighted by molar-refractivity contribution is -0.633. The highest BCUT2D eigenvalue weighted by Gasteiger charge is 2.33. The molecule has 0 spiro atoms. The number of aryl methyl sites for hydroxylation is 2. The molecule has 0 amide bonds. The van der Waals surface area contributed by atoms with Gasteiger partial charge in [-0.25, -0.2) is 4.57 Å². The van der Waals surface area contributed by atoms with E-state index >= 15 is 0 Å². The maximum Gasteiger partial charge on any atom is 0.295 e. The van der Waals surface area contributed by atoms with Crippen molar-refractivity contribution >= 4 is 21.8 Å². The Hall–Kier alpha value is -4.17. The Kier molecular flexibility index (Phi) is 7.29. The Balaban J connectivity index is 1.79. The summed E-state index contributed by atoms with van der Waals surface area (Å²) >= 11 is 0. The number of aromatic nitrogens is 2. The van der Waals surface area contributed by atoms with Crippen LogP contribution >= 0.6 is 0 Å². The number of para-hydroxylation sites is 2. The zero-order valence-electron chi connectivity index (χ0n) is 27.3. The van der Waals surface area contributed by atoms with Gasteiger partial charge in [0.25, 0.3) is 5.82 Å². The molecule has 0 fully saturated rings. The Bertz CT molecular complexity index is 1930.